The first-order valence-electron chi connectivity index (χ1n) is 6.11. The average Bonchev–Trinajstić information content (AvgIpc) is 2.78. The summed E-state index contributed by atoms with van der Waals surface area (Å²) in [6, 6.07) is 3.27. The summed E-state index contributed by atoms with van der Waals surface area (Å²) in [5.41, 5.74) is 0.861. The molecule has 0 unspecified atom stereocenters. The van der Waals surface area contributed by atoms with Crippen LogP contribution in [0.5, 0.6) is 0 Å². The summed E-state index contributed by atoms with van der Waals surface area (Å²) in [5, 5.41) is 0. The van der Waals surface area contributed by atoms with Crippen molar-refractivity contribution >= 4 is 0 Å². The molecule has 2 fully saturated rings. The lowest BCUT2D eigenvalue weighted by molar-refractivity contribution is -0.0868. The molecule has 0 amide bonds. The molecular weight excluding hydrogens is 221 g/mol. The SMILES string of the molecule is Fc1ccc([C@@H]2CCO[C@]3(CCOC3)C2)nc1. The summed E-state index contributed by atoms with van der Waals surface area (Å²) in [5.74, 6) is 0.0887. The fourth-order valence-electron chi connectivity index (χ4n) is 2.77. The van der Waals surface area contributed by atoms with E-state index in [0.717, 1.165) is 38.2 Å². The van der Waals surface area contributed by atoms with Gasteiger partial charge in [0.15, 0.2) is 0 Å². The van der Waals surface area contributed by atoms with E-state index in [-0.39, 0.29) is 11.4 Å². The van der Waals surface area contributed by atoms with Crippen molar-refractivity contribution in [2.75, 3.05) is 19.8 Å². The van der Waals surface area contributed by atoms with Gasteiger partial charge in [-0.05, 0) is 25.0 Å². The largest absolute Gasteiger partial charge is 0.378 e. The van der Waals surface area contributed by atoms with E-state index < -0.39 is 0 Å². The van der Waals surface area contributed by atoms with Crippen LogP contribution in [0.3, 0.4) is 0 Å². The highest BCUT2D eigenvalue weighted by Crippen LogP contribution is 2.39. The second kappa shape index (κ2) is 4.35. The summed E-state index contributed by atoms with van der Waals surface area (Å²) in [6.45, 7) is 2.21. The zero-order valence-corrected chi connectivity index (χ0v) is 9.69. The molecule has 2 atom stereocenters. The first-order valence-corrected chi connectivity index (χ1v) is 6.11. The van der Waals surface area contributed by atoms with Crippen molar-refractivity contribution in [3.05, 3.63) is 29.8 Å². The van der Waals surface area contributed by atoms with Gasteiger partial charge in [-0.1, -0.05) is 0 Å². The Morgan fingerprint density at radius 1 is 1.35 bits per heavy atom. The minimum atomic E-state index is -0.278. The van der Waals surface area contributed by atoms with Crippen molar-refractivity contribution in [1.82, 2.24) is 4.98 Å². The summed E-state index contributed by atoms with van der Waals surface area (Å²) >= 11 is 0. The number of hydrogen-bond donors (Lipinski definition) is 0. The normalized spacial score (nSPS) is 33.1. The van der Waals surface area contributed by atoms with Crippen LogP contribution >= 0.6 is 0 Å². The summed E-state index contributed by atoms with van der Waals surface area (Å²) in [4.78, 5) is 4.19. The Kier molecular flexibility index (Phi) is 2.84. The quantitative estimate of drug-likeness (QED) is 0.751. The Hall–Kier alpha value is -1.00. The number of pyridine rings is 1. The minimum Gasteiger partial charge on any atom is -0.378 e. The highest BCUT2D eigenvalue weighted by Gasteiger charge is 2.41. The second-order valence-electron chi connectivity index (χ2n) is 4.93. The molecule has 3 rings (SSSR count). The Morgan fingerprint density at radius 2 is 2.29 bits per heavy atom. The van der Waals surface area contributed by atoms with E-state index in [2.05, 4.69) is 4.98 Å². The van der Waals surface area contributed by atoms with E-state index in [1.807, 2.05) is 0 Å². The van der Waals surface area contributed by atoms with Gasteiger partial charge in [-0.15, -0.1) is 0 Å². The summed E-state index contributed by atoms with van der Waals surface area (Å²) < 4.78 is 24.2. The molecule has 4 heteroatoms. The van der Waals surface area contributed by atoms with Crippen LogP contribution < -0.4 is 0 Å². The standard InChI is InChI=1S/C13H16FNO2/c14-11-1-2-12(15-8-11)10-3-5-17-13(7-10)4-6-16-9-13/h1-2,8,10H,3-7,9H2/t10-,13-/m1/s1. The van der Waals surface area contributed by atoms with Gasteiger partial charge in [-0.25, -0.2) is 4.39 Å². The first kappa shape index (κ1) is 11.1. The third-order valence-corrected chi connectivity index (χ3v) is 3.73. The maximum atomic E-state index is 12.8. The van der Waals surface area contributed by atoms with Crippen molar-refractivity contribution in [3.63, 3.8) is 0 Å². The molecule has 0 N–H and O–H groups in total. The molecule has 3 heterocycles. The van der Waals surface area contributed by atoms with Crippen LogP contribution in [-0.2, 0) is 9.47 Å². The van der Waals surface area contributed by atoms with Gasteiger partial charge in [-0.2, -0.15) is 0 Å². The first-order chi connectivity index (χ1) is 8.27. The van der Waals surface area contributed by atoms with Crippen molar-refractivity contribution < 1.29 is 13.9 Å². The van der Waals surface area contributed by atoms with E-state index in [1.54, 1.807) is 6.07 Å². The highest BCUT2D eigenvalue weighted by molar-refractivity contribution is 5.13. The molecule has 0 bridgehead atoms. The molecule has 0 aliphatic carbocycles. The Labute approximate surface area is 100.0 Å². The third-order valence-electron chi connectivity index (χ3n) is 3.73. The van der Waals surface area contributed by atoms with Crippen LogP contribution in [0.2, 0.25) is 0 Å². The molecule has 0 aromatic carbocycles. The summed E-state index contributed by atoms with van der Waals surface area (Å²) in [7, 11) is 0. The molecule has 0 saturated carbocycles. The lowest BCUT2D eigenvalue weighted by Gasteiger charge is -2.36. The van der Waals surface area contributed by atoms with E-state index in [4.69, 9.17) is 9.47 Å². The molecule has 2 aliphatic rings. The Balaban J connectivity index is 1.77. The van der Waals surface area contributed by atoms with Crippen molar-refractivity contribution in [1.29, 1.82) is 0 Å². The molecule has 0 radical (unpaired) electrons. The second-order valence-corrected chi connectivity index (χ2v) is 4.93. The highest BCUT2D eigenvalue weighted by atomic mass is 19.1. The maximum absolute atomic E-state index is 12.8. The number of hydrogen-bond acceptors (Lipinski definition) is 3. The monoisotopic (exact) mass is 237 g/mol. The van der Waals surface area contributed by atoms with E-state index >= 15 is 0 Å². The third kappa shape index (κ3) is 2.19. The number of nitrogens with zero attached hydrogens (tertiary/aromatic N) is 1. The average molecular weight is 237 g/mol. The van der Waals surface area contributed by atoms with Crippen LogP contribution in [0.4, 0.5) is 4.39 Å². The molecule has 2 aliphatic heterocycles. The zero-order valence-electron chi connectivity index (χ0n) is 9.69. The van der Waals surface area contributed by atoms with Crippen LogP contribution in [0, 0.1) is 5.82 Å². The number of rotatable bonds is 1. The Bertz CT molecular complexity index is 387. The van der Waals surface area contributed by atoms with Crippen LogP contribution in [0.1, 0.15) is 30.9 Å². The molecular formula is C13H16FNO2. The van der Waals surface area contributed by atoms with Gasteiger partial charge >= 0.3 is 0 Å². The van der Waals surface area contributed by atoms with Gasteiger partial charge < -0.3 is 9.47 Å². The molecule has 1 aromatic heterocycles. The van der Waals surface area contributed by atoms with Crippen LogP contribution in [0.25, 0.3) is 0 Å². The number of halogens is 1. The van der Waals surface area contributed by atoms with Gasteiger partial charge in [0.05, 0.1) is 18.4 Å². The molecule has 1 aromatic rings. The van der Waals surface area contributed by atoms with E-state index in [0.29, 0.717) is 12.5 Å². The topological polar surface area (TPSA) is 31.4 Å². The molecule has 3 nitrogen and oxygen atoms in total. The van der Waals surface area contributed by atoms with Crippen molar-refractivity contribution in [3.8, 4) is 0 Å². The molecule has 92 valence electrons. The number of aromatic nitrogens is 1. The van der Waals surface area contributed by atoms with Gasteiger partial charge in [-0.3, -0.25) is 4.98 Å². The van der Waals surface area contributed by atoms with Gasteiger partial charge in [0.2, 0.25) is 0 Å². The Morgan fingerprint density at radius 3 is 3.00 bits per heavy atom. The van der Waals surface area contributed by atoms with Crippen molar-refractivity contribution in [2.45, 2.75) is 30.8 Å². The minimum absolute atomic E-state index is 0.112. The summed E-state index contributed by atoms with van der Waals surface area (Å²) in [6.07, 6.45) is 4.15. The zero-order chi connectivity index (χ0) is 11.7. The molecule has 1 spiro atoms. The predicted molar refractivity (Wildman–Crippen MR) is 60.3 cm³/mol. The lowest BCUT2D eigenvalue weighted by atomic mass is 9.83. The smallest absolute Gasteiger partial charge is 0.141 e. The van der Waals surface area contributed by atoms with Crippen molar-refractivity contribution in [2.24, 2.45) is 0 Å². The maximum Gasteiger partial charge on any atom is 0.141 e. The van der Waals surface area contributed by atoms with Crippen LogP contribution in [-0.4, -0.2) is 30.4 Å². The van der Waals surface area contributed by atoms with Crippen LogP contribution in [0.15, 0.2) is 18.3 Å². The van der Waals surface area contributed by atoms with Gasteiger partial charge in [0.25, 0.3) is 0 Å². The van der Waals surface area contributed by atoms with Gasteiger partial charge in [0, 0.05) is 31.2 Å². The molecule has 17 heavy (non-hydrogen) atoms. The molecule has 2 saturated heterocycles. The van der Waals surface area contributed by atoms with Gasteiger partial charge in [0.1, 0.15) is 5.82 Å². The lowest BCUT2D eigenvalue weighted by Crippen LogP contribution is -2.39. The fraction of sp³-hybridized carbons (Fsp3) is 0.615. The van der Waals surface area contributed by atoms with E-state index in [9.17, 15) is 4.39 Å². The number of ether oxygens (including phenoxy) is 2. The predicted octanol–water partition coefficient (Wildman–Crippen LogP) is 2.27. The fourth-order valence-corrected chi connectivity index (χ4v) is 2.77. The van der Waals surface area contributed by atoms with E-state index in [1.165, 1.54) is 12.3 Å².